The van der Waals surface area contributed by atoms with Gasteiger partial charge in [0.15, 0.2) is 0 Å². The van der Waals surface area contributed by atoms with Gasteiger partial charge in [-0.2, -0.15) is 0 Å². The molecule has 0 unspecified atom stereocenters. The van der Waals surface area contributed by atoms with Gasteiger partial charge in [0.1, 0.15) is 0 Å². The normalized spacial score (nSPS) is 10.9. The Balaban J connectivity index is 2.49. The van der Waals surface area contributed by atoms with Gasteiger partial charge in [-0.15, -0.1) is 11.3 Å². The van der Waals surface area contributed by atoms with Crippen molar-refractivity contribution < 1.29 is 0 Å². The number of rotatable bonds is 2. The van der Waals surface area contributed by atoms with E-state index in [1.807, 2.05) is 18.4 Å². The predicted octanol–water partition coefficient (Wildman–Crippen LogP) is 3.38. The summed E-state index contributed by atoms with van der Waals surface area (Å²) in [4.78, 5) is 1.38. The summed E-state index contributed by atoms with van der Waals surface area (Å²) in [5.41, 5.74) is 0. The van der Waals surface area contributed by atoms with E-state index in [0.29, 0.717) is 0 Å². The molecule has 1 heterocycles. The predicted molar refractivity (Wildman–Crippen MR) is 62.3 cm³/mol. The van der Waals surface area contributed by atoms with Gasteiger partial charge in [-0.1, -0.05) is 22.0 Å². The molecule has 2 aromatic rings. The van der Waals surface area contributed by atoms with Crippen LogP contribution in [0.15, 0.2) is 28.7 Å². The first kappa shape index (κ1) is 9.19. The maximum Gasteiger partial charge on any atom is 0.0357 e. The molecule has 1 aromatic carbocycles. The van der Waals surface area contributed by atoms with Crippen LogP contribution in [-0.4, -0.2) is 7.05 Å². The summed E-state index contributed by atoms with van der Waals surface area (Å²) in [7, 11) is 1.97. The van der Waals surface area contributed by atoms with Crippen molar-refractivity contribution in [3.63, 3.8) is 0 Å². The van der Waals surface area contributed by atoms with Gasteiger partial charge in [0, 0.05) is 20.6 Å². The average Bonchev–Trinajstić information content (AvgIpc) is 2.46. The molecular formula is C10H10BrNS. The number of halogens is 1. The van der Waals surface area contributed by atoms with Gasteiger partial charge in [-0.3, -0.25) is 0 Å². The van der Waals surface area contributed by atoms with Crippen molar-refractivity contribution in [2.75, 3.05) is 7.05 Å². The number of fused-ring (bicyclic) bond motifs is 1. The van der Waals surface area contributed by atoms with Crippen molar-refractivity contribution in [2.24, 2.45) is 0 Å². The van der Waals surface area contributed by atoms with Crippen LogP contribution in [0.2, 0.25) is 0 Å². The molecule has 68 valence electrons. The Morgan fingerprint density at radius 1 is 1.38 bits per heavy atom. The zero-order valence-electron chi connectivity index (χ0n) is 7.30. The second-order valence-electron chi connectivity index (χ2n) is 2.93. The van der Waals surface area contributed by atoms with Crippen LogP contribution in [0.3, 0.4) is 0 Å². The molecule has 1 nitrogen and oxygen atoms in total. The maximum absolute atomic E-state index is 3.47. The Kier molecular flexibility index (Phi) is 2.67. The van der Waals surface area contributed by atoms with Crippen molar-refractivity contribution in [3.05, 3.63) is 33.6 Å². The second-order valence-corrected chi connectivity index (χ2v) is 5.01. The van der Waals surface area contributed by atoms with Crippen molar-refractivity contribution in [3.8, 4) is 0 Å². The van der Waals surface area contributed by atoms with Gasteiger partial charge in [0.25, 0.3) is 0 Å². The molecule has 0 saturated heterocycles. The van der Waals surface area contributed by atoms with E-state index in [9.17, 15) is 0 Å². The van der Waals surface area contributed by atoms with Gasteiger partial charge in [-0.05, 0) is 30.6 Å². The summed E-state index contributed by atoms with van der Waals surface area (Å²) >= 11 is 5.32. The standard InChI is InChI=1S/C10H10BrNS/c1-12-6-9-4-7-2-3-8(11)5-10(7)13-9/h2-5,12H,6H2,1H3. The molecule has 3 heteroatoms. The average molecular weight is 256 g/mol. The highest BCUT2D eigenvalue weighted by Gasteiger charge is 2.00. The van der Waals surface area contributed by atoms with Crippen LogP contribution in [0, 0.1) is 0 Å². The molecule has 0 amide bonds. The summed E-state index contributed by atoms with van der Waals surface area (Å²) < 4.78 is 2.50. The highest BCUT2D eigenvalue weighted by Crippen LogP contribution is 2.28. The largest absolute Gasteiger partial charge is 0.315 e. The number of nitrogens with one attached hydrogen (secondary N) is 1. The van der Waals surface area contributed by atoms with Crippen LogP contribution in [0.25, 0.3) is 10.1 Å². The number of thiophene rings is 1. The summed E-state index contributed by atoms with van der Waals surface area (Å²) in [6, 6.07) is 8.63. The Labute approximate surface area is 89.9 Å². The van der Waals surface area contributed by atoms with Gasteiger partial charge in [0.2, 0.25) is 0 Å². The third kappa shape index (κ3) is 1.93. The van der Waals surface area contributed by atoms with Crippen LogP contribution >= 0.6 is 27.3 Å². The molecule has 0 bridgehead atoms. The van der Waals surface area contributed by atoms with Crippen molar-refractivity contribution in [1.29, 1.82) is 0 Å². The van der Waals surface area contributed by atoms with Crippen LogP contribution in [0.5, 0.6) is 0 Å². The van der Waals surface area contributed by atoms with Gasteiger partial charge >= 0.3 is 0 Å². The second kappa shape index (κ2) is 3.78. The SMILES string of the molecule is CNCc1cc2ccc(Br)cc2s1. The lowest BCUT2D eigenvalue weighted by atomic mass is 10.2. The third-order valence-corrected chi connectivity index (χ3v) is 3.48. The molecule has 13 heavy (non-hydrogen) atoms. The zero-order chi connectivity index (χ0) is 9.26. The highest BCUT2D eigenvalue weighted by atomic mass is 79.9. The molecule has 2 rings (SSSR count). The lowest BCUT2D eigenvalue weighted by molar-refractivity contribution is 0.832. The summed E-state index contributed by atoms with van der Waals surface area (Å²) in [6.07, 6.45) is 0. The van der Waals surface area contributed by atoms with E-state index < -0.39 is 0 Å². The molecular weight excluding hydrogens is 246 g/mol. The van der Waals surface area contributed by atoms with E-state index in [1.54, 1.807) is 0 Å². The van der Waals surface area contributed by atoms with Crippen LogP contribution in [0.4, 0.5) is 0 Å². The van der Waals surface area contributed by atoms with E-state index in [1.165, 1.54) is 15.0 Å². The van der Waals surface area contributed by atoms with Crippen LogP contribution in [-0.2, 0) is 6.54 Å². The Bertz CT molecular complexity index is 422. The minimum atomic E-state index is 0.955. The first-order valence-corrected chi connectivity index (χ1v) is 5.73. The molecule has 0 spiro atoms. The molecule has 1 N–H and O–H groups in total. The fourth-order valence-corrected chi connectivity index (χ4v) is 2.95. The van der Waals surface area contributed by atoms with Crippen LogP contribution < -0.4 is 5.32 Å². The third-order valence-electron chi connectivity index (χ3n) is 1.88. The molecule has 0 aliphatic carbocycles. The van der Waals surface area contributed by atoms with E-state index in [-0.39, 0.29) is 0 Å². The first-order valence-electron chi connectivity index (χ1n) is 4.12. The Morgan fingerprint density at radius 2 is 2.23 bits per heavy atom. The smallest absolute Gasteiger partial charge is 0.0357 e. The monoisotopic (exact) mass is 255 g/mol. The summed E-state index contributed by atoms with van der Waals surface area (Å²) in [5.74, 6) is 0. The molecule has 0 fully saturated rings. The Morgan fingerprint density at radius 3 is 3.00 bits per heavy atom. The van der Waals surface area contributed by atoms with E-state index in [4.69, 9.17) is 0 Å². The highest BCUT2D eigenvalue weighted by molar-refractivity contribution is 9.10. The number of hydrogen-bond donors (Lipinski definition) is 1. The lowest BCUT2D eigenvalue weighted by Crippen LogP contribution is -2.02. The van der Waals surface area contributed by atoms with Crippen LogP contribution in [0.1, 0.15) is 4.88 Å². The lowest BCUT2D eigenvalue weighted by Gasteiger charge is -1.90. The minimum absolute atomic E-state index is 0.955. The maximum atomic E-state index is 3.47. The van der Waals surface area contributed by atoms with Crippen molar-refractivity contribution in [2.45, 2.75) is 6.54 Å². The van der Waals surface area contributed by atoms with Gasteiger partial charge < -0.3 is 5.32 Å². The van der Waals surface area contributed by atoms with E-state index >= 15 is 0 Å². The van der Waals surface area contributed by atoms with E-state index in [2.05, 4.69) is 45.5 Å². The number of benzene rings is 1. The fourth-order valence-electron chi connectivity index (χ4n) is 1.32. The molecule has 1 aromatic heterocycles. The number of hydrogen-bond acceptors (Lipinski definition) is 2. The molecule has 0 aliphatic rings. The van der Waals surface area contributed by atoms with Crippen molar-refractivity contribution >= 4 is 37.4 Å². The molecule has 0 radical (unpaired) electrons. The Hall–Kier alpha value is -0.380. The molecule has 0 atom stereocenters. The first-order chi connectivity index (χ1) is 6.29. The van der Waals surface area contributed by atoms with Crippen molar-refractivity contribution in [1.82, 2.24) is 5.32 Å². The quantitative estimate of drug-likeness (QED) is 0.868. The topological polar surface area (TPSA) is 12.0 Å². The fraction of sp³-hybridized carbons (Fsp3) is 0.200. The molecule has 0 aliphatic heterocycles. The summed E-state index contributed by atoms with van der Waals surface area (Å²) in [6.45, 7) is 0.955. The minimum Gasteiger partial charge on any atom is -0.315 e. The zero-order valence-corrected chi connectivity index (χ0v) is 9.71. The molecule has 0 saturated carbocycles. The summed E-state index contributed by atoms with van der Waals surface area (Å²) in [5, 5.41) is 4.49. The van der Waals surface area contributed by atoms with Gasteiger partial charge in [0.05, 0.1) is 0 Å². The van der Waals surface area contributed by atoms with E-state index in [0.717, 1.165) is 11.0 Å². The van der Waals surface area contributed by atoms with Gasteiger partial charge in [-0.25, -0.2) is 0 Å².